The summed E-state index contributed by atoms with van der Waals surface area (Å²) in [5, 5.41) is 7.70. The highest BCUT2D eigenvalue weighted by Crippen LogP contribution is 2.29. The van der Waals surface area contributed by atoms with Gasteiger partial charge in [0.1, 0.15) is 0 Å². The summed E-state index contributed by atoms with van der Waals surface area (Å²) in [6.45, 7) is 1.45. The summed E-state index contributed by atoms with van der Waals surface area (Å²) in [6.07, 6.45) is 11.2. The Labute approximate surface area is 161 Å². The van der Waals surface area contributed by atoms with Gasteiger partial charge in [-0.05, 0) is 25.2 Å². The number of fused-ring (bicyclic) bond motifs is 1. The Morgan fingerprint density at radius 3 is 2.67 bits per heavy atom. The van der Waals surface area contributed by atoms with Crippen LogP contribution in [0.2, 0.25) is 0 Å². The predicted molar refractivity (Wildman–Crippen MR) is 103 cm³/mol. The molecule has 4 rings (SSSR count). The van der Waals surface area contributed by atoms with Crippen LogP contribution in [0, 0.1) is 5.92 Å². The van der Waals surface area contributed by atoms with Crippen molar-refractivity contribution in [1.29, 1.82) is 0 Å². The Bertz CT molecular complexity index is 701. The molecule has 148 valence electrons. The van der Waals surface area contributed by atoms with Gasteiger partial charge in [-0.2, -0.15) is 5.10 Å². The highest BCUT2D eigenvalue weighted by atomic mass is 16.2. The lowest BCUT2D eigenvalue weighted by Crippen LogP contribution is -2.36. The van der Waals surface area contributed by atoms with Gasteiger partial charge in [-0.3, -0.25) is 14.3 Å². The monoisotopic (exact) mass is 372 g/mol. The maximum Gasteiger partial charge on any atom is 0.222 e. The summed E-state index contributed by atoms with van der Waals surface area (Å²) < 4.78 is 1.95. The van der Waals surface area contributed by atoms with Crippen molar-refractivity contribution in [3.8, 4) is 0 Å². The summed E-state index contributed by atoms with van der Waals surface area (Å²) in [4.78, 5) is 26.7. The van der Waals surface area contributed by atoms with E-state index in [0.29, 0.717) is 31.8 Å². The molecule has 6 heteroatoms. The molecule has 3 aliphatic rings. The summed E-state index contributed by atoms with van der Waals surface area (Å²) >= 11 is 0. The molecule has 2 amide bonds. The van der Waals surface area contributed by atoms with E-state index in [9.17, 15) is 9.59 Å². The lowest BCUT2D eigenvalue weighted by Gasteiger charge is -2.28. The molecule has 0 atom stereocenters. The second-order valence-corrected chi connectivity index (χ2v) is 8.59. The van der Waals surface area contributed by atoms with Crippen molar-refractivity contribution in [2.45, 2.75) is 83.2 Å². The van der Waals surface area contributed by atoms with Gasteiger partial charge in [0, 0.05) is 63.1 Å². The third kappa shape index (κ3) is 4.53. The van der Waals surface area contributed by atoms with E-state index in [0.717, 1.165) is 43.8 Å². The van der Waals surface area contributed by atoms with Crippen molar-refractivity contribution in [2.24, 2.45) is 13.0 Å². The quantitative estimate of drug-likeness (QED) is 0.800. The first-order valence-electron chi connectivity index (χ1n) is 10.7. The summed E-state index contributed by atoms with van der Waals surface area (Å²) in [5.41, 5.74) is 3.40. The van der Waals surface area contributed by atoms with Crippen LogP contribution in [0.5, 0.6) is 0 Å². The fourth-order valence-electron chi connectivity index (χ4n) is 4.63. The van der Waals surface area contributed by atoms with E-state index in [1.807, 2.05) is 16.6 Å². The Morgan fingerprint density at radius 1 is 1.15 bits per heavy atom. The van der Waals surface area contributed by atoms with Gasteiger partial charge in [-0.25, -0.2) is 0 Å². The molecule has 2 aliphatic carbocycles. The first-order valence-corrected chi connectivity index (χ1v) is 10.7. The number of hydrogen-bond acceptors (Lipinski definition) is 3. The van der Waals surface area contributed by atoms with Crippen LogP contribution in [-0.4, -0.2) is 39.1 Å². The fourth-order valence-corrected chi connectivity index (χ4v) is 4.63. The Kier molecular flexibility index (Phi) is 5.50. The van der Waals surface area contributed by atoms with Gasteiger partial charge in [-0.1, -0.05) is 25.7 Å². The van der Waals surface area contributed by atoms with Crippen LogP contribution in [0.15, 0.2) is 0 Å². The maximum absolute atomic E-state index is 12.7. The minimum absolute atomic E-state index is 0.122. The van der Waals surface area contributed by atoms with E-state index in [2.05, 4.69) is 10.4 Å². The van der Waals surface area contributed by atoms with E-state index in [-0.39, 0.29) is 11.8 Å². The van der Waals surface area contributed by atoms with E-state index in [4.69, 9.17) is 0 Å². The Balaban J connectivity index is 1.34. The number of nitrogens with one attached hydrogen (secondary N) is 1. The minimum atomic E-state index is 0.122. The standard InChI is InChI=1S/C21H32N4O2/c1-24-19-12-13-25(21(27)11-6-15-4-2-3-5-15)14-17(19)18(23-24)9-10-20(26)22-16-7-8-16/h15-16H,2-14H2,1H3,(H,22,26). The number of aryl methyl sites for hydroxylation is 2. The van der Waals surface area contributed by atoms with Crippen molar-refractivity contribution in [3.05, 3.63) is 17.0 Å². The zero-order valence-corrected chi connectivity index (χ0v) is 16.5. The summed E-state index contributed by atoms with van der Waals surface area (Å²) in [7, 11) is 1.98. The zero-order chi connectivity index (χ0) is 18.8. The molecule has 0 bridgehead atoms. The molecule has 1 N–H and O–H groups in total. The van der Waals surface area contributed by atoms with E-state index in [1.165, 1.54) is 36.9 Å². The minimum Gasteiger partial charge on any atom is -0.353 e. The molecule has 1 aromatic heterocycles. The van der Waals surface area contributed by atoms with Crippen molar-refractivity contribution in [2.75, 3.05) is 6.54 Å². The molecule has 27 heavy (non-hydrogen) atoms. The molecule has 0 spiro atoms. The maximum atomic E-state index is 12.7. The molecule has 0 saturated heterocycles. The van der Waals surface area contributed by atoms with Crippen molar-refractivity contribution < 1.29 is 9.59 Å². The van der Waals surface area contributed by atoms with E-state index < -0.39 is 0 Å². The fraction of sp³-hybridized carbons (Fsp3) is 0.762. The van der Waals surface area contributed by atoms with Crippen molar-refractivity contribution in [1.82, 2.24) is 20.0 Å². The number of rotatable bonds is 7. The SMILES string of the molecule is Cn1nc(CCC(=O)NC2CC2)c2c1CCN(C(=O)CCC1CCCC1)C2. The number of hydrogen-bond donors (Lipinski definition) is 1. The van der Waals surface area contributed by atoms with Crippen LogP contribution in [0.4, 0.5) is 0 Å². The van der Waals surface area contributed by atoms with Gasteiger partial charge in [0.25, 0.3) is 0 Å². The molecule has 0 radical (unpaired) electrons. The van der Waals surface area contributed by atoms with Crippen LogP contribution in [0.3, 0.4) is 0 Å². The smallest absolute Gasteiger partial charge is 0.222 e. The number of aromatic nitrogens is 2. The first kappa shape index (κ1) is 18.5. The lowest BCUT2D eigenvalue weighted by atomic mass is 9.99. The molecular weight excluding hydrogens is 340 g/mol. The van der Waals surface area contributed by atoms with Gasteiger partial charge in [0.15, 0.2) is 0 Å². The third-order valence-corrected chi connectivity index (χ3v) is 6.45. The van der Waals surface area contributed by atoms with Gasteiger partial charge in [-0.15, -0.1) is 0 Å². The van der Waals surface area contributed by atoms with E-state index in [1.54, 1.807) is 0 Å². The highest BCUT2D eigenvalue weighted by molar-refractivity contribution is 5.77. The molecule has 2 fully saturated rings. The normalized spacial score (nSPS) is 20.0. The van der Waals surface area contributed by atoms with Crippen molar-refractivity contribution in [3.63, 3.8) is 0 Å². The molecular formula is C21H32N4O2. The second kappa shape index (κ2) is 8.03. The molecule has 2 heterocycles. The molecule has 6 nitrogen and oxygen atoms in total. The van der Waals surface area contributed by atoms with E-state index >= 15 is 0 Å². The van der Waals surface area contributed by atoms with Gasteiger partial charge >= 0.3 is 0 Å². The van der Waals surface area contributed by atoms with Crippen LogP contribution >= 0.6 is 0 Å². The average Bonchev–Trinajstić information content (AvgIpc) is 3.21. The molecule has 1 aliphatic heterocycles. The van der Waals surface area contributed by atoms with Gasteiger partial charge in [0.05, 0.1) is 5.69 Å². The number of amides is 2. The van der Waals surface area contributed by atoms with Gasteiger partial charge < -0.3 is 10.2 Å². The Morgan fingerprint density at radius 2 is 1.93 bits per heavy atom. The molecule has 2 saturated carbocycles. The number of nitrogens with zero attached hydrogens (tertiary/aromatic N) is 3. The molecule has 0 unspecified atom stereocenters. The second-order valence-electron chi connectivity index (χ2n) is 8.59. The van der Waals surface area contributed by atoms with Crippen LogP contribution in [-0.2, 0) is 36.0 Å². The number of carbonyl (C=O) groups excluding carboxylic acids is 2. The molecule has 1 aromatic rings. The topological polar surface area (TPSA) is 67.2 Å². The van der Waals surface area contributed by atoms with Gasteiger partial charge in [0.2, 0.25) is 11.8 Å². The predicted octanol–water partition coefficient (Wildman–Crippen LogP) is 2.49. The zero-order valence-electron chi connectivity index (χ0n) is 16.5. The molecule has 0 aromatic carbocycles. The van der Waals surface area contributed by atoms with Crippen LogP contribution < -0.4 is 5.32 Å². The first-order chi connectivity index (χ1) is 13.1. The highest BCUT2D eigenvalue weighted by Gasteiger charge is 2.28. The summed E-state index contributed by atoms with van der Waals surface area (Å²) in [6, 6.07) is 0.406. The van der Waals surface area contributed by atoms with Crippen molar-refractivity contribution >= 4 is 11.8 Å². The lowest BCUT2D eigenvalue weighted by molar-refractivity contribution is -0.132. The third-order valence-electron chi connectivity index (χ3n) is 6.45. The average molecular weight is 373 g/mol. The summed E-state index contributed by atoms with van der Waals surface area (Å²) in [5.74, 6) is 1.17. The number of carbonyl (C=O) groups is 2. The largest absolute Gasteiger partial charge is 0.353 e. The van der Waals surface area contributed by atoms with Crippen LogP contribution in [0.25, 0.3) is 0 Å². The Hall–Kier alpha value is -1.85. The van der Waals surface area contributed by atoms with Crippen LogP contribution in [0.1, 0.15) is 74.7 Å².